The van der Waals surface area contributed by atoms with Gasteiger partial charge in [-0.1, -0.05) is 36.4 Å². The van der Waals surface area contributed by atoms with Crippen molar-refractivity contribution in [1.29, 1.82) is 0 Å². The van der Waals surface area contributed by atoms with E-state index in [1.165, 1.54) is 16.4 Å². The third-order valence-electron chi connectivity index (χ3n) is 6.51. The van der Waals surface area contributed by atoms with E-state index in [-0.39, 0.29) is 23.8 Å². The van der Waals surface area contributed by atoms with E-state index in [4.69, 9.17) is 4.42 Å². The number of aryl methyl sites for hydroxylation is 1. The number of Topliss-reactive ketones (excluding diaryl/α,β-unsaturated/α-hetero) is 1. The number of para-hydroxylation sites is 1. The van der Waals surface area contributed by atoms with E-state index in [1.807, 2.05) is 6.07 Å². The van der Waals surface area contributed by atoms with Crippen molar-refractivity contribution in [2.24, 2.45) is 0 Å². The molecule has 6 nitrogen and oxygen atoms in total. The van der Waals surface area contributed by atoms with Crippen LogP contribution in [-0.2, 0) is 27.4 Å². The van der Waals surface area contributed by atoms with Crippen LogP contribution in [0.4, 0.5) is 13.2 Å². The van der Waals surface area contributed by atoms with E-state index in [2.05, 4.69) is 4.98 Å². The number of rotatable bonds is 7. The number of halogens is 3. The smallest absolute Gasteiger partial charge is 0.417 e. The maximum Gasteiger partial charge on any atom is 0.417 e. The molecule has 2 aromatic carbocycles. The number of carbonyl (C=O) groups excluding carboxylic acids is 1. The van der Waals surface area contributed by atoms with Crippen LogP contribution in [0.25, 0.3) is 22.2 Å². The average Bonchev–Trinajstić information content (AvgIpc) is 3.55. The molecule has 0 bridgehead atoms. The van der Waals surface area contributed by atoms with Crippen molar-refractivity contribution >= 4 is 26.8 Å². The summed E-state index contributed by atoms with van der Waals surface area (Å²) < 4.78 is 71.8. The van der Waals surface area contributed by atoms with E-state index in [1.54, 1.807) is 42.5 Å². The molecule has 0 spiro atoms. The Morgan fingerprint density at radius 2 is 1.86 bits per heavy atom. The number of benzene rings is 2. The number of aromatic nitrogens is 1. The first-order chi connectivity index (χ1) is 17.6. The molecule has 1 aliphatic heterocycles. The SMILES string of the molecule is O=C(CCc1cccc(-c2ccc(C(F)(F)F)cn2)c1)C1CCCN1S(=O)(=O)c1cc2ccccc2o1. The number of carbonyl (C=O) groups is 1. The van der Waals surface area contributed by atoms with Crippen molar-refractivity contribution < 1.29 is 30.8 Å². The number of fused-ring (bicyclic) bond motifs is 1. The number of hydrogen-bond donors (Lipinski definition) is 0. The fourth-order valence-corrected chi connectivity index (χ4v) is 6.23. The number of pyridine rings is 1. The molecule has 3 heterocycles. The molecule has 1 unspecified atom stereocenters. The minimum absolute atomic E-state index is 0.126. The van der Waals surface area contributed by atoms with E-state index in [0.29, 0.717) is 41.5 Å². The van der Waals surface area contributed by atoms with Crippen LogP contribution in [0.1, 0.15) is 30.4 Å². The summed E-state index contributed by atoms with van der Waals surface area (Å²) in [5, 5.41) is 0.496. The third-order valence-corrected chi connectivity index (χ3v) is 8.28. The van der Waals surface area contributed by atoms with Crippen LogP contribution in [0.5, 0.6) is 0 Å². The number of furan rings is 1. The maximum absolute atomic E-state index is 13.3. The highest BCUT2D eigenvalue weighted by molar-refractivity contribution is 7.89. The van der Waals surface area contributed by atoms with Crippen LogP contribution in [0.2, 0.25) is 0 Å². The van der Waals surface area contributed by atoms with Crippen LogP contribution >= 0.6 is 0 Å². The Hall–Kier alpha value is -3.50. The summed E-state index contributed by atoms with van der Waals surface area (Å²) >= 11 is 0. The Kier molecular flexibility index (Phi) is 6.63. The quantitative estimate of drug-likeness (QED) is 0.300. The van der Waals surface area contributed by atoms with E-state index in [9.17, 15) is 26.4 Å². The number of alkyl halides is 3. The molecule has 1 aliphatic rings. The van der Waals surface area contributed by atoms with Gasteiger partial charge in [-0.3, -0.25) is 9.78 Å². The minimum Gasteiger partial charge on any atom is -0.443 e. The Morgan fingerprint density at radius 3 is 2.59 bits per heavy atom. The molecule has 1 saturated heterocycles. The highest BCUT2D eigenvalue weighted by Crippen LogP contribution is 2.32. The second-order valence-electron chi connectivity index (χ2n) is 8.97. The van der Waals surface area contributed by atoms with Crippen LogP contribution in [0, 0.1) is 0 Å². The second kappa shape index (κ2) is 9.75. The fraction of sp³-hybridized carbons (Fsp3) is 0.259. The van der Waals surface area contributed by atoms with Gasteiger partial charge in [-0.2, -0.15) is 17.5 Å². The first kappa shape index (κ1) is 25.2. The molecule has 5 rings (SSSR count). The molecule has 0 N–H and O–H groups in total. The zero-order valence-corrected chi connectivity index (χ0v) is 20.4. The summed E-state index contributed by atoms with van der Waals surface area (Å²) in [6.07, 6.45) is -2.16. The van der Waals surface area contributed by atoms with Crippen molar-refractivity contribution in [3.05, 3.63) is 84.1 Å². The standard InChI is InChI=1S/C27H23F3N2O4S/c28-27(29,30)21-11-12-22(31-17-21)19-7-3-5-18(15-19)10-13-24(33)23-8-4-14-32(23)37(34,35)26-16-20-6-1-2-9-25(20)36-26/h1-3,5-7,9,11-12,15-17,23H,4,8,10,13-14H2. The topological polar surface area (TPSA) is 80.5 Å². The molecule has 192 valence electrons. The number of nitrogens with zero attached hydrogens (tertiary/aromatic N) is 2. The summed E-state index contributed by atoms with van der Waals surface area (Å²) in [6.45, 7) is 0.241. The van der Waals surface area contributed by atoms with E-state index in [0.717, 1.165) is 17.8 Å². The van der Waals surface area contributed by atoms with Gasteiger partial charge in [0, 0.05) is 36.2 Å². The van der Waals surface area contributed by atoms with Crippen molar-refractivity contribution in [3.63, 3.8) is 0 Å². The Bertz CT molecular complexity index is 1510. The molecule has 0 radical (unpaired) electrons. The van der Waals surface area contributed by atoms with Gasteiger partial charge < -0.3 is 4.42 Å². The lowest BCUT2D eigenvalue weighted by Gasteiger charge is -2.21. The van der Waals surface area contributed by atoms with Crippen LogP contribution in [-0.4, -0.2) is 36.1 Å². The lowest BCUT2D eigenvalue weighted by molar-refractivity contribution is -0.137. The number of sulfonamides is 1. The largest absolute Gasteiger partial charge is 0.443 e. The fourth-order valence-electron chi connectivity index (χ4n) is 4.60. The highest BCUT2D eigenvalue weighted by Gasteiger charge is 2.40. The lowest BCUT2D eigenvalue weighted by atomic mass is 10.00. The minimum atomic E-state index is -4.46. The maximum atomic E-state index is 13.3. The van der Waals surface area contributed by atoms with Gasteiger partial charge in [0.25, 0.3) is 10.0 Å². The van der Waals surface area contributed by atoms with Gasteiger partial charge in [0.2, 0.25) is 5.09 Å². The van der Waals surface area contributed by atoms with Crippen LogP contribution < -0.4 is 0 Å². The molecule has 4 aromatic rings. The second-order valence-corrected chi connectivity index (χ2v) is 10.8. The summed E-state index contributed by atoms with van der Waals surface area (Å²) in [5.74, 6) is -0.185. The van der Waals surface area contributed by atoms with Crippen molar-refractivity contribution in [2.45, 2.75) is 43.0 Å². The summed E-state index contributed by atoms with van der Waals surface area (Å²) in [6, 6.07) is 17.1. The zero-order chi connectivity index (χ0) is 26.2. The first-order valence-electron chi connectivity index (χ1n) is 11.8. The van der Waals surface area contributed by atoms with Crippen LogP contribution in [0.15, 0.2) is 82.4 Å². The normalized spacial score (nSPS) is 16.9. The number of ketones is 1. The highest BCUT2D eigenvalue weighted by atomic mass is 32.2. The van der Waals surface area contributed by atoms with Crippen molar-refractivity contribution in [1.82, 2.24) is 9.29 Å². The monoisotopic (exact) mass is 528 g/mol. The molecule has 10 heteroatoms. The molecule has 37 heavy (non-hydrogen) atoms. The van der Waals surface area contributed by atoms with Gasteiger partial charge in [0.05, 0.1) is 17.3 Å². The molecule has 2 aromatic heterocycles. The van der Waals surface area contributed by atoms with Crippen molar-refractivity contribution in [3.8, 4) is 11.3 Å². The molecular formula is C27H23F3N2O4S. The molecule has 1 fully saturated rings. The van der Waals surface area contributed by atoms with Gasteiger partial charge in [0.15, 0.2) is 5.78 Å². The van der Waals surface area contributed by atoms with Crippen molar-refractivity contribution in [2.75, 3.05) is 6.54 Å². The van der Waals surface area contributed by atoms with Gasteiger partial charge >= 0.3 is 6.18 Å². The molecule has 0 amide bonds. The zero-order valence-electron chi connectivity index (χ0n) is 19.6. The summed E-state index contributed by atoms with van der Waals surface area (Å²) in [5.41, 5.74) is 1.47. The first-order valence-corrected chi connectivity index (χ1v) is 13.2. The average molecular weight is 529 g/mol. The summed E-state index contributed by atoms with van der Waals surface area (Å²) in [4.78, 5) is 17.0. The van der Waals surface area contributed by atoms with Crippen LogP contribution in [0.3, 0.4) is 0 Å². The molecule has 0 aliphatic carbocycles. The Morgan fingerprint density at radius 1 is 1.05 bits per heavy atom. The number of hydrogen-bond acceptors (Lipinski definition) is 5. The predicted molar refractivity (Wildman–Crippen MR) is 131 cm³/mol. The van der Waals surface area contributed by atoms with E-state index < -0.39 is 27.8 Å². The molecule has 1 atom stereocenters. The molecule has 0 saturated carbocycles. The van der Waals surface area contributed by atoms with Gasteiger partial charge in [-0.05, 0) is 49.1 Å². The Labute approximate surface area is 211 Å². The lowest BCUT2D eigenvalue weighted by Crippen LogP contribution is -2.40. The third kappa shape index (κ3) is 5.17. The Balaban J connectivity index is 1.28. The van der Waals surface area contributed by atoms with E-state index >= 15 is 0 Å². The predicted octanol–water partition coefficient (Wildman–Crippen LogP) is 5.87. The van der Waals surface area contributed by atoms with Gasteiger partial charge in [-0.25, -0.2) is 8.42 Å². The van der Waals surface area contributed by atoms with Gasteiger partial charge in [0.1, 0.15) is 5.58 Å². The van der Waals surface area contributed by atoms with Gasteiger partial charge in [-0.15, -0.1) is 0 Å². The molecular weight excluding hydrogens is 505 g/mol. The summed E-state index contributed by atoms with van der Waals surface area (Å²) in [7, 11) is -3.98.